The number of aryl methyl sites for hydroxylation is 1. The van der Waals surface area contributed by atoms with Gasteiger partial charge in [0.05, 0.1) is 5.92 Å². The van der Waals surface area contributed by atoms with Gasteiger partial charge in [0, 0.05) is 24.4 Å². The molecule has 21 heavy (non-hydrogen) atoms. The van der Waals surface area contributed by atoms with Crippen LogP contribution in [0.5, 0.6) is 0 Å². The molecule has 1 aliphatic rings. The van der Waals surface area contributed by atoms with Crippen LogP contribution in [0.1, 0.15) is 23.0 Å². The molecule has 110 valence electrons. The molecule has 0 spiro atoms. The Morgan fingerprint density at radius 2 is 2.05 bits per heavy atom. The van der Waals surface area contributed by atoms with Gasteiger partial charge in [0.2, 0.25) is 0 Å². The maximum Gasteiger partial charge on any atom is 0.306 e. The zero-order valence-electron chi connectivity index (χ0n) is 12.0. The predicted octanol–water partition coefficient (Wildman–Crippen LogP) is 2.53. The molecule has 5 heteroatoms. The van der Waals surface area contributed by atoms with Gasteiger partial charge in [0.15, 0.2) is 5.76 Å². The van der Waals surface area contributed by atoms with Crippen LogP contribution in [0.15, 0.2) is 28.7 Å². The van der Waals surface area contributed by atoms with Crippen LogP contribution >= 0.6 is 0 Å². The predicted molar refractivity (Wildman–Crippen MR) is 77.1 cm³/mol. The van der Waals surface area contributed by atoms with Crippen molar-refractivity contribution in [3.63, 3.8) is 0 Å². The van der Waals surface area contributed by atoms with Crippen molar-refractivity contribution < 1.29 is 19.1 Å². The molecule has 0 aliphatic carbocycles. The number of furan rings is 1. The molecule has 1 fully saturated rings. The van der Waals surface area contributed by atoms with Gasteiger partial charge in [-0.1, -0.05) is 18.6 Å². The van der Waals surface area contributed by atoms with E-state index in [1.54, 1.807) is 17.9 Å². The van der Waals surface area contributed by atoms with Crippen molar-refractivity contribution >= 4 is 22.8 Å². The first-order chi connectivity index (χ1) is 9.95. The van der Waals surface area contributed by atoms with Crippen LogP contribution in [0.2, 0.25) is 0 Å². The normalized spacial score (nSPS) is 16.8. The number of fused-ring (bicyclic) bond motifs is 1. The second-order valence-corrected chi connectivity index (χ2v) is 5.75. The first kappa shape index (κ1) is 13.7. The average Bonchev–Trinajstić information content (AvgIpc) is 2.79. The van der Waals surface area contributed by atoms with Crippen molar-refractivity contribution in [2.24, 2.45) is 11.8 Å². The Kier molecular flexibility index (Phi) is 3.20. The molecule has 1 N–H and O–H groups in total. The molecule has 1 unspecified atom stereocenters. The molecule has 1 aromatic carbocycles. The summed E-state index contributed by atoms with van der Waals surface area (Å²) in [6, 6.07) is 7.51. The fourth-order valence-corrected chi connectivity index (χ4v) is 2.62. The largest absolute Gasteiger partial charge is 0.481 e. The number of likely N-dealkylation sites (tertiary alicyclic amines) is 1. The Hall–Kier alpha value is -2.30. The second kappa shape index (κ2) is 4.91. The second-order valence-electron chi connectivity index (χ2n) is 5.75. The van der Waals surface area contributed by atoms with Crippen molar-refractivity contribution in [3.05, 3.63) is 35.6 Å². The summed E-state index contributed by atoms with van der Waals surface area (Å²) in [5.41, 5.74) is 1.81. The fraction of sp³-hybridized carbons (Fsp3) is 0.375. The van der Waals surface area contributed by atoms with Crippen LogP contribution in [0.4, 0.5) is 0 Å². The number of hydrogen-bond donors (Lipinski definition) is 1. The van der Waals surface area contributed by atoms with Gasteiger partial charge in [-0.05, 0) is 25.1 Å². The minimum absolute atomic E-state index is 0.0260. The molecule has 5 nitrogen and oxygen atoms in total. The van der Waals surface area contributed by atoms with Crippen molar-refractivity contribution in [3.8, 4) is 0 Å². The highest BCUT2D eigenvalue weighted by atomic mass is 16.4. The monoisotopic (exact) mass is 287 g/mol. The first-order valence-corrected chi connectivity index (χ1v) is 6.98. The number of carbonyl (C=O) groups is 2. The SMILES string of the molecule is Cc1ccc2oc(C(=O)N3CC(C(C)C(=O)O)C3)cc2c1. The van der Waals surface area contributed by atoms with Crippen LogP contribution in [-0.4, -0.2) is 35.0 Å². The molecule has 1 atom stereocenters. The van der Waals surface area contributed by atoms with Crippen molar-refractivity contribution in [1.82, 2.24) is 4.90 Å². The maximum absolute atomic E-state index is 12.3. The average molecular weight is 287 g/mol. The summed E-state index contributed by atoms with van der Waals surface area (Å²) in [5, 5.41) is 9.87. The van der Waals surface area contributed by atoms with E-state index in [0.29, 0.717) is 24.4 Å². The number of hydrogen-bond acceptors (Lipinski definition) is 3. The number of aliphatic carboxylic acids is 1. The van der Waals surface area contributed by atoms with Crippen LogP contribution in [0.3, 0.4) is 0 Å². The van der Waals surface area contributed by atoms with Crippen molar-refractivity contribution in [2.45, 2.75) is 13.8 Å². The van der Waals surface area contributed by atoms with E-state index in [1.165, 1.54) is 0 Å². The Bertz CT molecular complexity index is 712. The molecule has 0 saturated carbocycles. The molecule has 1 aromatic heterocycles. The van der Waals surface area contributed by atoms with Gasteiger partial charge < -0.3 is 14.4 Å². The van der Waals surface area contributed by atoms with Gasteiger partial charge in [-0.25, -0.2) is 0 Å². The summed E-state index contributed by atoms with van der Waals surface area (Å²) < 4.78 is 5.58. The summed E-state index contributed by atoms with van der Waals surface area (Å²) in [5.74, 6) is -1.06. The van der Waals surface area contributed by atoms with E-state index in [0.717, 1.165) is 10.9 Å². The standard InChI is InChI=1S/C16H17NO4/c1-9-3-4-13-11(5-9)6-14(21-13)15(18)17-7-12(8-17)10(2)16(19)20/h3-6,10,12H,7-8H2,1-2H3,(H,19,20). The molecule has 1 saturated heterocycles. The number of benzene rings is 1. The van der Waals surface area contributed by atoms with E-state index in [1.807, 2.05) is 25.1 Å². The number of rotatable bonds is 3. The molecular formula is C16H17NO4. The van der Waals surface area contributed by atoms with Gasteiger partial charge in [0.25, 0.3) is 5.91 Å². The zero-order chi connectivity index (χ0) is 15.1. The first-order valence-electron chi connectivity index (χ1n) is 6.98. The van der Waals surface area contributed by atoms with Gasteiger partial charge in [-0.3, -0.25) is 9.59 Å². The molecule has 0 radical (unpaired) electrons. The van der Waals surface area contributed by atoms with E-state index >= 15 is 0 Å². The highest BCUT2D eigenvalue weighted by Crippen LogP contribution is 2.28. The lowest BCUT2D eigenvalue weighted by atomic mass is 9.87. The summed E-state index contributed by atoms with van der Waals surface area (Å²) in [6.45, 7) is 4.62. The summed E-state index contributed by atoms with van der Waals surface area (Å²) in [6.07, 6.45) is 0. The summed E-state index contributed by atoms with van der Waals surface area (Å²) in [4.78, 5) is 24.8. The Labute approximate surface area is 122 Å². The van der Waals surface area contributed by atoms with E-state index in [2.05, 4.69) is 0 Å². The number of carbonyl (C=O) groups excluding carboxylic acids is 1. The van der Waals surface area contributed by atoms with Gasteiger partial charge in [0.1, 0.15) is 5.58 Å². The van der Waals surface area contributed by atoms with Crippen molar-refractivity contribution in [1.29, 1.82) is 0 Å². The lowest BCUT2D eigenvalue weighted by Crippen LogP contribution is -2.53. The number of amides is 1. The van der Waals surface area contributed by atoms with E-state index in [9.17, 15) is 9.59 Å². The lowest BCUT2D eigenvalue weighted by molar-refractivity contribution is -0.144. The minimum atomic E-state index is -0.814. The number of carboxylic acids is 1. The quantitative estimate of drug-likeness (QED) is 0.941. The lowest BCUT2D eigenvalue weighted by Gasteiger charge is -2.40. The molecule has 3 rings (SSSR count). The Morgan fingerprint density at radius 1 is 1.33 bits per heavy atom. The third kappa shape index (κ3) is 2.39. The molecule has 0 bridgehead atoms. The summed E-state index contributed by atoms with van der Waals surface area (Å²) in [7, 11) is 0. The highest BCUT2D eigenvalue weighted by Gasteiger charge is 2.38. The van der Waals surface area contributed by atoms with E-state index in [4.69, 9.17) is 9.52 Å². The van der Waals surface area contributed by atoms with Gasteiger partial charge in [-0.2, -0.15) is 0 Å². The molecule has 1 amide bonds. The van der Waals surface area contributed by atoms with E-state index in [-0.39, 0.29) is 11.8 Å². The van der Waals surface area contributed by atoms with Crippen LogP contribution < -0.4 is 0 Å². The maximum atomic E-state index is 12.3. The Morgan fingerprint density at radius 3 is 2.71 bits per heavy atom. The smallest absolute Gasteiger partial charge is 0.306 e. The third-order valence-electron chi connectivity index (χ3n) is 4.18. The van der Waals surface area contributed by atoms with E-state index < -0.39 is 11.9 Å². The molecule has 1 aliphatic heterocycles. The fourth-order valence-electron chi connectivity index (χ4n) is 2.62. The molecule has 2 heterocycles. The summed E-state index contributed by atoms with van der Waals surface area (Å²) >= 11 is 0. The molecular weight excluding hydrogens is 270 g/mol. The zero-order valence-corrected chi connectivity index (χ0v) is 12.0. The van der Waals surface area contributed by atoms with Crippen molar-refractivity contribution in [2.75, 3.05) is 13.1 Å². The van der Waals surface area contributed by atoms with Gasteiger partial charge >= 0.3 is 5.97 Å². The number of nitrogens with zero attached hydrogens (tertiary/aromatic N) is 1. The topological polar surface area (TPSA) is 70.8 Å². The van der Waals surface area contributed by atoms with Crippen LogP contribution in [-0.2, 0) is 4.79 Å². The van der Waals surface area contributed by atoms with Crippen LogP contribution in [0, 0.1) is 18.8 Å². The third-order valence-corrected chi connectivity index (χ3v) is 4.18. The minimum Gasteiger partial charge on any atom is -0.481 e. The molecule has 2 aromatic rings. The van der Waals surface area contributed by atoms with Crippen LogP contribution in [0.25, 0.3) is 11.0 Å². The Balaban J connectivity index is 1.72. The highest BCUT2D eigenvalue weighted by molar-refractivity contribution is 5.96. The van der Waals surface area contributed by atoms with Gasteiger partial charge in [-0.15, -0.1) is 0 Å². The number of carboxylic acid groups (broad SMARTS) is 1.